The number of anilines is 2. The number of aryl methyl sites for hydroxylation is 1. The van der Waals surface area contributed by atoms with E-state index in [4.69, 9.17) is 19.9 Å². The second-order valence-corrected chi connectivity index (χ2v) is 13.4. The van der Waals surface area contributed by atoms with Gasteiger partial charge in [-0.1, -0.05) is 18.2 Å². The van der Waals surface area contributed by atoms with E-state index in [9.17, 15) is 14.4 Å². The number of nitrogens with two attached hydrogens (primary N) is 1. The van der Waals surface area contributed by atoms with Gasteiger partial charge in [0.1, 0.15) is 17.2 Å². The number of likely N-dealkylation sites (tertiary alicyclic amines) is 1. The van der Waals surface area contributed by atoms with Gasteiger partial charge in [0.25, 0.3) is 11.8 Å². The van der Waals surface area contributed by atoms with Gasteiger partial charge < -0.3 is 40.0 Å². The van der Waals surface area contributed by atoms with Crippen molar-refractivity contribution in [3.8, 4) is 17.2 Å². The van der Waals surface area contributed by atoms with Crippen LogP contribution in [-0.4, -0.2) is 94.2 Å². The molecular weight excluding hydrogens is 646 g/mol. The third-order valence-corrected chi connectivity index (χ3v) is 9.35. The number of benzene rings is 3. The fourth-order valence-corrected chi connectivity index (χ4v) is 6.23. The number of hydrogen-bond donors (Lipinski definition) is 2. The van der Waals surface area contributed by atoms with Gasteiger partial charge in [0.05, 0.1) is 36.8 Å². The average Bonchev–Trinajstić information content (AvgIpc) is 3.12. The minimum atomic E-state index is -0.367. The van der Waals surface area contributed by atoms with Crippen LogP contribution in [0.5, 0.6) is 17.2 Å². The lowest BCUT2D eigenvalue weighted by atomic mass is 10.0. The Balaban J connectivity index is 1.33. The van der Waals surface area contributed by atoms with Crippen molar-refractivity contribution in [2.75, 3.05) is 64.7 Å². The molecule has 0 bridgehead atoms. The zero-order chi connectivity index (χ0) is 36.9. The molecule has 1 saturated heterocycles. The summed E-state index contributed by atoms with van der Waals surface area (Å²) in [5.74, 6) is 1.03. The third kappa shape index (κ3) is 10.9. The van der Waals surface area contributed by atoms with Crippen LogP contribution in [0.25, 0.3) is 0 Å². The highest BCUT2D eigenvalue weighted by molar-refractivity contribution is 6.09. The zero-order valence-corrected chi connectivity index (χ0v) is 31.1. The molecule has 1 unspecified atom stereocenters. The normalized spacial score (nSPS) is 13.8. The lowest BCUT2D eigenvalue weighted by Gasteiger charge is -2.35. The van der Waals surface area contributed by atoms with Gasteiger partial charge >= 0.3 is 0 Å². The van der Waals surface area contributed by atoms with Crippen molar-refractivity contribution in [1.82, 2.24) is 9.80 Å². The Morgan fingerprint density at radius 1 is 0.941 bits per heavy atom. The highest BCUT2D eigenvalue weighted by Crippen LogP contribution is 2.33. The fourth-order valence-electron chi connectivity index (χ4n) is 6.23. The number of unbranched alkanes of at least 4 members (excludes halogenated alkanes) is 2. The third-order valence-electron chi connectivity index (χ3n) is 9.35. The Labute approximate surface area is 303 Å². The van der Waals surface area contributed by atoms with E-state index in [0.29, 0.717) is 71.8 Å². The Bertz CT molecular complexity index is 1620. The lowest BCUT2D eigenvalue weighted by molar-refractivity contribution is -0.132. The molecule has 51 heavy (non-hydrogen) atoms. The summed E-state index contributed by atoms with van der Waals surface area (Å²) < 4.78 is 17.8. The SMILES string of the molecule is COc1cc(C(=O)N(C)c2ccc(C)cc2OCCCCCC(=O)N2CCC(N(C)C)CC2)ccc1NC(=O)c1ccccc1OC(C)CCN. The molecule has 0 spiro atoms. The number of carbonyl (C=O) groups is 3. The van der Waals surface area contributed by atoms with E-state index < -0.39 is 0 Å². The first kappa shape index (κ1) is 39.2. The van der Waals surface area contributed by atoms with E-state index in [0.717, 1.165) is 50.8 Å². The van der Waals surface area contributed by atoms with Gasteiger partial charge in [0, 0.05) is 38.2 Å². The standard InChI is InChI=1S/C40H55N5O6/c1-28-15-18-34(37(26-28)50-25-11-7-8-14-38(46)45-23-20-31(21-24-45)43(3)4)44(5)40(48)30-16-17-33(36(27-30)49-6)42-39(47)32-12-9-10-13-35(32)51-29(2)19-22-41/h9-10,12-13,15-18,26-27,29,31H,7-8,11,14,19-25,41H2,1-6H3,(H,42,47). The summed E-state index contributed by atoms with van der Waals surface area (Å²) in [5.41, 5.74) is 8.49. The molecule has 0 aromatic heterocycles. The zero-order valence-electron chi connectivity index (χ0n) is 31.1. The molecule has 4 rings (SSSR count). The number of nitrogens with one attached hydrogen (secondary N) is 1. The van der Waals surface area contributed by atoms with Crippen LogP contribution in [0, 0.1) is 6.92 Å². The molecule has 11 nitrogen and oxygen atoms in total. The fraction of sp³-hybridized carbons (Fsp3) is 0.475. The van der Waals surface area contributed by atoms with Gasteiger partial charge in [-0.2, -0.15) is 0 Å². The summed E-state index contributed by atoms with van der Waals surface area (Å²) in [7, 11) is 7.40. The van der Waals surface area contributed by atoms with E-state index >= 15 is 0 Å². The smallest absolute Gasteiger partial charge is 0.259 e. The monoisotopic (exact) mass is 701 g/mol. The second kappa shape index (κ2) is 19.1. The molecule has 0 radical (unpaired) electrons. The molecule has 1 aliphatic rings. The number of rotatable bonds is 17. The van der Waals surface area contributed by atoms with Crippen LogP contribution in [0.3, 0.4) is 0 Å². The van der Waals surface area contributed by atoms with Gasteiger partial charge in [-0.05, 0) is 121 Å². The maximum Gasteiger partial charge on any atom is 0.259 e. The number of amides is 3. The summed E-state index contributed by atoms with van der Waals surface area (Å²) in [4.78, 5) is 45.5. The summed E-state index contributed by atoms with van der Waals surface area (Å²) in [5, 5.41) is 2.90. The highest BCUT2D eigenvalue weighted by atomic mass is 16.5. The molecule has 3 aromatic carbocycles. The van der Waals surface area contributed by atoms with Crippen LogP contribution in [0.4, 0.5) is 11.4 Å². The number of carbonyl (C=O) groups excluding carboxylic acids is 3. The van der Waals surface area contributed by atoms with Crippen molar-refractivity contribution in [3.63, 3.8) is 0 Å². The number of ether oxygens (including phenoxy) is 3. The number of piperidine rings is 1. The van der Waals surface area contributed by atoms with Crippen LogP contribution in [0.15, 0.2) is 60.7 Å². The predicted octanol–water partition coefficient (Wildman–Crippen LogP) is 6.14. The quantitative estimate of drug-likeness (QED) is 0.161. The van der Waals surface area contributed by atoms with Gasteiger partial charge in [-0.25, -0.2) is 0 Å². The average molecular weight is 702 g/mol. The number of nitrogens with zero attached hydrogens (tertiary/aromatic N) is 3. The Kier molecular flexibility index (Phi) is 14.7. The van der Waals surface area contributed by atoms with Crippen molar-refractivity contribution >= 4 is 29.1 Å². The van der Waals surface area contributed by atoms with E-state index in [1.165, 1.54) is 7.11 Å². The van der Waals surface area contributed by atoms with Crippen molar-refractivity contribution in [2.24, 2.45) is 5.73 Å². The molecule has 1 heterocycles. The van der Waals surface area contributed by atoms with Gasteiger partial charge in [0.2, 0.25) is 5.91 Å². The molecule has 0 saturated carbocycles. The van der Waals surface area contributed by atoms with Crippen molar-refractivity contribution in [2.45, 2.75) is 70.9 Å². The molecule has 0 aliphatic carbocycles. The molecule has 3 aromatic rings. The first-order chi connectivity index (χ1) is 24.5. The first-order valence-corrected chi connectivity index (χ1v) is 17.9. The lowest BCUT2D eigenvalue weighted by Crippen LogP contribution is -2.44. The minimum absolute atomic E-state index is 0.149. The Morgan fingerprint density at radius 2 is 1.69 bits per heavy atom. The van der Waals surface area contributed by atoms with Crippen LogP contribution in [-0.2, 0) is 4.79 Å². The Morgan fingerprint density at radius 3 is 2.39 bits per heavy atom. The topological polar surface area (TPSA) is 127 Å². The minimum Gasteiger partial charge on any atom is -0.495 e. The molecule has 276 valence electrons. The maximum absolute atomic E-state index is 13.7. The van der Waals surface area contributed by atoms with E-state index in [1.807, 2.05) is 43.0 Å². The van der Waals surface area contributed by atoms with Crippen molar-refractivity contribution in [1.29, 1.82) is 0 Å². The van der Waals surface area contributed by atoms with Crippen molar-refractivity contribution in [3.05, 3.63) is 77.4 Å². The molecule has 1 atom stereocenters. The Hall–Kier alpha value is -4.61. The molecule has 3 N–H and O–H groups in total. The van der Waals surface area contributed by atoms with E-state index in [2.05, 4.69) is 24.3 Å². The van der Waals surface area contributed by atoms with Gasteiger partial charge in [-0.15, -0.1) is 0 Å². The van der Waals surface area contributed by atoms with Crippen LogP contribution < -0.4 is 30.2 Å². The molecule has 3 amide bonds. The van der Waals surface area contributed by atoms with Gasteiger partial charge in [0.15, 0.2) is 0 Å². The van der Waals surface area contributed by atoms with E-state index in [1.54, 1.807) is 48.3 Å². The van der Waals surface area contributed by atoms with Crippen molar-refractivity contribution < 1.29 is 28.6 Å². The maximum atomic E-state index is 13.7. The van der Waals surface area contributed by atoms with E-state index in [-0.39, 0.29) is 23.8 Å². The summed E-state index contributed by atoms with van der Waals surface area (Å²) >= 11 is 0. The largest absolute Gasteiger partial charge is 0.495 e. The molecular formula is C40H55N5O6. The summed E-state index contributed by atoms with van der Waals surface area (Å²) in [6.45, 7) is 6.51. The molecule has 11 heteroatoms. The van der Waals surface area contributed by atoms with Crippen LogP contribution in [0.1, 0.15) is 78.1 Å². The number of hydrogen-bond acceptors (Lipinski definition) is 8. The number of methoxy groups -OCH3 is 1. The number of para-hydroxylation sites is 1. The summed E-state index contributed by atoms with van der Waals surface area (Å²) in [6, 6.07) is 18.2. The molecule has 1 fully saturated rings. The first-order valence-electron chi connectivity index (χ1n) is 17.9. The van der Waals surface area contributed by atoms with Gasteiger partial charge in [-0.3, -0.25) is 14.4 Å². The summed E-state index contributed by atoms with van der Waals surface area (Å²) in [6.07, 6.45) is 5.62. The predicted molar refractivity (Wildman–Crippen MR) is 202 cm³/mol. The highest BCUT2D eigenvalue weighted by Gasteiger charge is 2.24. The van der Waals surface area contributed by atoms with Crippen LogP contribution >= 0.6 is 0 Å². The second-order valence-electron chi connectivity index (χ2n) is 13.4. The van der Waals surface area contributed by atoms with Crippen LogP contribution in [0.2, 0.25) is 0 Å². The molecule has 1 aliphatic heterocycles.